The van der Waals surface area contributed by atoms with Crippen molar-refractivity contribution in [3.63, 3.8) is 0 Å². The molecule has 0 saturated carbocycles. The zero-order valence-corrected chi connectivity index (χ0v) is 9.07. The fraction of sp³-hybridized carbons (Fsp3) is 0.636. The van der Waals surface area contributed by atoms with Gasteiger partial charge in [-0.3, -0.25) is 0 Å². The minimum atomic E-state index is 0.662. The SMILES string of the molecule is CCOc1cnc(CC2CCNC2)nc1. The van der Waals surface area contributed by atoms with Gasteiger partial charge in [-0.2, -0.15) is 0 Å². The van der Waals surface area contributed by atoms with Gasteiger partial charge in [0.25, 0.3) is 0 Å². The van der Waals surface area contributed by atoms with Gasteiger partial charge >= 0.3 is 0 Å². The van der Waals surface area contributed by atoms with Crippen molar-refractivity contribution in [1.29, 1.82) is 0 Å². The first-order valence-corrected chi connectivity index (χ1v) is 5.53. The second-order valence-electron chi connectivity index (χ2n) is 3.83. The summed E-state index contributed by atoms with van der Waals surface area (Å²) >= 11 is 0. The van der Waals surface area contributed by atoms with E-state index < -0.39 is 0 Å². The summed E-state index contributed by atoms with van der Waals surface area (Å²) in [5.41, 5.74) is 0. The first-order valence-electron chi connectivity index (χ1n) is 5.53. The number of hydrogen-bond acceptors (Lipinski definition) is 4. The van der Waals surface area contributed by atoms with Crippen LogP contribution in [0, 0.1) is 5.92 Å². The first kappa shape index (κ1) is 10.4. The third-order valence-corrected chi connectivity index (χ3v) is 2.63. The van der Waals surface area contributed by atoms with Crippen molar-refractivity contribution >= 4 is 0 Å². The predicted molar refractivity (Wildman–Crippen MR) is 57.9 cm³/mol. The van der Waals surface area contributed by atoms with E-state index in [1.165, 1.54) is 6.42 Å². The molecule has 4 heteroatoms. The number of aromatic nitrogens is 2. The van der Waals surface area contributed by atoms with E-state index in [0.29, 0.717) is 12.5 Å². The minimum Gasteiger partial charge on any atom is -0.491 e. The Kier molecular flexibility index (Phi) is 3.50. The van der Waals surface area contributed by atoms with E-state index in [4.69, 9.17) is 4.74 Å². The molecule has 0 aliphatic carbocycles. The molecule has 1 fully saturated rings. The van der Waals surface area contributed by atoms with E-state index >= 15 is 0 Å². The molecule has 0 aromatic carbocycles. The molecule has 2 heterocycles. The zero-order chi connectivity index (χ0) is 10.5. The Hall–Kier alpha value is -1.16. The van der Waals surface area contributed by atoms with E-state index in [1.807, 2.05) is 6.92 Å². The smallest absolute Gasteiger partial charge is 0.155 e. The highest BCUT2D eigenvalue weighted by Crippen LogP contribution is 2.13. The van der Waals surface area contributed by atoms with Crippen molar-refractivity contribution in [2.24, 2.45) is 5.92 Å². The van der Waals surface area contributed by atoms with Crippen LogP contribution < -0.4 is 10.1 Å². The molecule has 82 valence electrons. The molecule has 4 nitrogen and oxygen atoms in total. The van der Waals surface area contributed by atoms with Crippen LogP contribution in [0.25, 0.3) is 0 Å². The van der Waals surface area contributed by atoms with Gasteiger partial charge in [0.1, 0.15) is 5.82 Å². The van der Waals surface area contributed by atoms with Crippen LogP contribution in [0.2, 0.25) is 0 Å². The van der Waals surface area contributed by atoms with E-state index in [-0.39, 0.29) is 0 Å². The van der Waals surface area contributed by atoms with Crippen molar-refractivity contribution in [2.45, 2.75) is 19.8 Å². The summed E-state index contributed by atoms with van der Waals surface area (Å²) in [5.74, 6) is 2.38. The van der Waals surface area contributed by atoms with Crippen LogP contribution in [-0.2, 0) is 6.42 Å². The number of nitrogens with zero attached hydrogens (tertiary/aromatic N) is 2. The molecule has 0 spiro atoms. The second kappa shape index (κ2) is 5.07. The van der Waals surface area contributed by atoms with Gasteiger partial charge in [-0.05, 0) is 32.4 Å². The standard InChI is InChI=1S/C11H17N3O/c1-2-15-10-7-13-11(14-8-10)5-9-3-4-12-6-9/h7-9,12H,2-6H2,1H3. The van der Waals surface area contributed by atoms with Gasteiger partial charge in [-0.1, -0.05) is 0 Å². The topological polar surface area (TPSA) is 47.0 Å². The Bertz CT molecular complexity index is 293. The van der Waals surface area contributed by atoms with Crippen LogP contribution in [0.15, 0.2) is 12.4 Å². The summed E-state index contributed by atoms with van der Waals surface area (Å²) in [6, 6.07) is 0. The van der Waals surface area contributed by atoms with Crippen molar-refractivity contribution in [2.75, 3.05) is 19.7 Å². The highest BCUT2D eigenvalue weighted by atomic mass is 16.5. The molecule has 0 bridgehead atoms. The minimum absolute atomic E-state index is 0.662. The Balaban J connectivity index is 1.91. The molecule has 15 heavy (non-hydrogen) atoms. The lowest BCUT2D eigenvalue weighted by atomic mass is 10.1. The van der Waals surface area contributed by atoms with Crippen molar-refractivity contribution in [3.8, 4) is 5.75 Å². The summed E-state index contributed by atoms with van der Waals surface area (Å²) in [6.45, 7) is 4.84. The molecule has 1 aliphatic rings. The van der Waals surface area contributed by atoms with Crippen molar-refractivity contribution in [1.82, 2.24) is 15.3 Å². The average molecular weight is 207 g/mol. The highest BCUT2D eigenvalue weighted by molar-refractivity contribution is 5.12. The van der Waals surface area contributed by atoms with Crippen LogP contribution >= 0.6 is 0 Å². The molecule has 1 aromatic heterocycles. The molecular formula is C11H17N3O. The average Bonchev–Trinajstić information content (AvgIpc) is 2.74. The molecule has 1 atom stereocenters. The quantitative estimate of drug-likeness (QED) is 0.801. The lowest BCUT2D eigenvalue weighted by molar-refractivity contribution is 0.336. The largest absolute Gasteiger partial charge is 0.491 e. The summed E-state index contributed by atoms with van der Waals surface area (Å²) < 4.78 is 5.29. The number of hydrogen-bond donors (Lipinski definition) is 1. The van der Waals surface area contributed by atoms with E-state index in [1.54, 1.807) is 12.4 Å². The normalized spacial score (nSPS) is 20.5. The van der Waals surface area contributed by atoms with Gasteiger partial charge in [0, 0.05) is 6.42 Å². The van der Waals surface area contributed by atoms with Crippen molar-refractivity contribution < 1.29 is 4.74 Å². The zero-order valence-electron chi connectivity index (χ0n) is 9.07. The number of nitrogens with one attached hydrogen (secondary N) is 1. The van der Waals surface area contributed by atoms with Crippen LogP contribution in [0.3, 0.4) is 0 Å². The van der Waals surface area contributed by atoms with Crippen LogP contribution in [-0.4, -0.2) is 29.7 Å². The second-order valence-corrected chi connectivity index (χ2v) is 3.83. The Morgan fingerprint density at radius 2 is 2.27 bits per heavy atom. The van der Waals surface area contributed by atoms with Gasteiger partial charge in [0.15, 0.2) is 5.75 Å². The number of ether oxygens (including phenoxy) is 1. The molecule has 1 N–H and O–H groups in total. The van der Waals surface area contributed by atoms with E-state index in [2.05, 4.69) is 15.3 Å². The van der Waals surface area contributed by atoms with Gasteiger partial charge in [0.2, 0.25) is 0 Å². The Morgan fingerprint density at radius 3 is 2.87 bits per heavy atom. The van der Waals surface area contributed by atoms with Gasteiger partial charge in [0.05, 0.1) is 19.0 Å². The molecule has 1 saturated heterocycles. The van der Waals surface area contributed by atoms with Gasteiger partial charge in [-0.25, -0.2) is 9.97 Å². The van der Waals surface area contributed by atoms with Gasteiger partial charge in [-0.15, -0.1) is 0 Å². The molecule has 2 rings (SSSR count). The maximum atomic E-state index is 5.29. The Morgan fingerprint density at radius 1 is 1.47 bits per heavy atom. The van der Waals surface area contributed by atoms with Gasteiger partial charge < -0.3 is 10.1 Å². The van der Waals surface area contributed by atoms with E-state index in [9.17, 15) is 0 Å². The van der Waals surface area contributed by atoms with Crippen LogP contribution in [0.5, 0.6) is 5.75 Å². The van der Waals surface area contributed by atoms with Crippen molar-refractivity contribution in [3.05, 3.63) is 18.2 Å². The summed E-state index contributed by atoms with van der Waals surface area (Å²) in [6.07, 6.45) is 5.72. The maximum absolute atomic E-state index is 5.29. The lowest BCUT2D eigenvalue weighted by Crippen LogP contribution is -2.12. The molecule has 0 radical (unpaired) electrons. The molecule has 1 aromatic rings. The highest BCUT2D eigenvalue weighted by Gasteiger charge is 2.15. The third-order valence-electron chi connectivity index (χ3n) is 2.63. The predicted octanol–water partition coefficient (Wildman–Crippen LogP) is 1.03. The monoisotopic (exact) mass is 207 g/mol. The summed E-state index contributed by atoms with van der Waals surface area (Å²) in [7, 11) is 0. The maximum Gasteiger partial charge on any atom is 0.155 e. The molecule has 1 unspecified atom stereocenters. The third kappa shape index (κ3) is 2.89. The van der Waals surface area contributed by atoms with Crippen LogP contribution in [0.4, 0.5) is 0 Å². The molecule has 1 aliphatic heterocycles. The first-order chi connectivity index (χ1) is 7.38. The van der Waals surface area contributed by atoms with E-state index in [0.717, 1.165) is 31.1 Å². The molecular weight excluding hydrogens is 190 g/mol. The lowest BCUT2D eigenvalue weighted by Gasteiger charge is -2.07. The fourth-order valence-corrected chi connectivity index (χ4v) is 1.84. The number of rotatable bonds is 4. The fourth-order valence-electron chi connectivity index (χ4n) is 1.84. The molecule has 0 amide bonds. The van der Waals surface area contributed by atoms with Crippen LogP contribution in [0.1, 0.15) is 19.2 Å². The Labute approximate surface area is 90.1 Å². The summed E-state index contributed by atoms with van der Waals surface area (Å²) in [5, 5.41) is 3.34. The summed E-state index contributed by atoms with van der Waals surface area (Å²) in [4.78, 5) is 8.59.